The zero-order chi connectivity index (χ0) is 20.4. The molecular formula is C18H23ClN4O5. The fraction of sp³-hybridized carbons (Fsp3) is 0.611. The number of carbonyl (C=O) groups is 3. The number of nitrogens with zero attached hydrogens (tertiary/aromatic N) is 1. The normalized spacial score (nSPS) is 34.3. The van der Waals surface area contributed by atoms with Crippen molar-refractivity contribution in [3.63, 3.8) is 0 Å². The van der Waals surface area contributed by atoms with Crippen LogP contribution in [-0.2, 0) is 19.1 Å². The van der Waals surface area contributed by atoms with Crippen LogP contribution in [0, 0.1) is 5.92 Å². The lowest BCUT2D eigenvalue weighted by Crippen LogP contribution is -2.55. The second kappa shape index (κ2) is 6.47. The maximum Gasteiger partial charge on any atom is 0.404 e. The first-order valence-corrected chi connectivity index (χ1v) is 9.61. The summed E-state index contributed by atoms with van der Waals surface area (Å²) in [6.07, 6.45) is -0.944. The van der Waals surface area contributed by atoms with E-state index in [2.05, 4.69) is 10.6 Å². The van der Waals surface area contributed by atoms with Gasteiger partial charge in [-0.1, -0.05) is 0 Å². The minimum atomic E-state index is -0.967. The van der Waals surface area contributed by atoms with Crippen LogP contribution in [0.15, 0.2) is 22.5 Å². The Morgan fingerprint density at radius 2 is 2.18 bits per heavy atom. The predicted molar refractivity (Wildman–Crippen MR) is 99.2 cm³/mol. The number of hydrogen-bond acceptors (Lipinski definition) is 8. The highest BCUT2D eigenvalue weighted by Crippen LogP contribution is 2.55. The molecule has 2 saturated heterocycles. The van der Waals surface area contributed by atoms with Crippen molar-refractivity contribution in [3.05, 3.63) is 22.5 Å². The van der Waals surface area contributed by atoms with Gasteiger partial charge in [0, 0.05) is 42.8 Å². The Labute approximate surface area is 167 Å². The maximum atomic E-state index is 13.4. The number of fused-ring (bicyclic) bond motifs is 4. The number of rotatable bonds is 6. The van der Waals surface area contributed by atoms with Gasteiger partial charge in [0.05, 0.1) is 23.4 Å². The molecule has 9 nitrogen and oxygen atoms in total. The number of carbonyl (C=O) groups excluding carboxylic acids is 3. The second-order valence-electron chi connectivity index (χ2n) is 7.58. The first-order chi connectivity index (χ1) is 13.2. The maximum absolute atomic E-state index is 13.4. The van der Waals surface area contributed by atoms with E-state index in [0.29, 0.717) is 29.9 Å². The van der Waals surface area contributed by atoms with Crippen LogP contribution < -0.4 is 16.4 Å². The van der Waals surface area contributed by atoms with E-state index in [-0.39, 0.29) is 41.3 Å². The summed E-state index contributed by atoms with van der Waals surface area (Å²) in [5.41, 5.74) is 5.40. The molecule has 5 atom stereocenters. The molecule has 4 N–H and O–H groups in total. The molecule has 28 heavy (non-hydrogen) atoms. The van der Waals surface area contributed by atoms with Gasteiger partial charge in [0.1, 0.15) is 6.61 Å². The van der Waals surface area contributed by atoms with Gasteiger partial charge in [-0.05, 0) is 13.8 Å². The van der Waals surface area contributed by atoms with E-state index >= 15 is 0 Å². The summed E-state index contributed by atoms with van der Waals surface area (Å²) < 4.78 is 11.0. The number of alkyl halides is 1. The Morgan fingerprint density at radius 1 is 1.46 bits per heavy atom. The molecule has 5 unspecified atom stereocenters. The molecule has 0 spiro atoms. The van der Waals surface area contributed by atoms with Crippen molar-refractivity contribution < 1.29 is 23.9 Å². The topological polar surface area (TPSA) is 133 Å². The van der Waals surface area contributed by atoms with Crippen molar-refractivity contribution >= 4 is 29.3 Å². The smallest absolute Gasteiger partial charge is 0.404 e. The number of allylic oxidation sites excluding steroid dienone is 2. The molecule has 0 saturated carbocycles. The summed E-state index contributed by atoms with van der Waals surface area (Å²) in [5, 5.41) is 6.10. The highest BCUT2D eigenvalue weighted by Gasteiger charge is 2.72. The minimum Gasteiger partial charge on any atom is -0.449 e. The quantitative estimate of drug-likeness (QED) is 0.306. The summed E-state index contributed by atoms with van der Waals surface area (Å²) in [6.45, 7) is 4.14. The number of methoxy groups -OCH3 is 1. The van der Waals surface area contributed by atoms with Crippen molar-refractivity contribution in [1.82, 2.24) is 15.5 Å². The van der Waals surface area contributed by atoms with E-state index in [1.807, 2.05) is 4.90 Å². The SMILES string of the molecule is COC12C(COC(N)=O)C3=C(C(=O)C(C)=C(NCC(C)Cl)C3=O)N1CC1NC12. The fourth-order valence-corrected chi connectivity index (χ4v) is 4.82. The van der Waals surface area contributed by atoms with Gasteiger partial charge in [0.15, 0.2) is 5.72 Å². The van der Waals surface area contributed by atoms with Crippen molar-refractivity contribution in [1.29, 1.82) is 0 Å². The van der Waals surface area contributed by atoms with Gasteiger partial charge < -0.3 is 30.7 Å². The highest BCUT2D eigenvalue weighted by atomic mass is 35.5. The van der Waals surface area contributed by atoms with E-state index in [1.54, 1.807) is 13.8 Å². The number of piperazine rings is 1. The van der Waals surface area contributed by atoms with Gasteiger partial charge >= 0.3 is 6.09 Å². The molecule has 10 heteroatoms. The second-order valence-corrected chi connectivity index (χ2v) is 8.33. The molecule has 0 aromatic rings. The van der Waals surface area contributed by atoms with Crippen LogP contribution >= 0.6 is 11.6 Å². The Bertz CT molecular complexity index is 838. The number of nitrogens with one attached hydrogen (secondary N) is 2. The van der Waals surface area contributed by atoms with Crippen LogP contribution in [0.3, 0.4) is 0 Å². The van der Waals surface area contributed by atoms with Crippen LogP contribution in [0.2, 0.25) is 0 Å². The largest absolute Gasteiger partial charge is 0.449 e. The van der Waals surface area contributed by atoms with Crippen molar-refractivity contribution in [2.24, 2.45) is 11.7 Å². The lowest BCUT2D eigenvalue weighted by atomic mass is 9.82. The van der Waals surface area contributed by atoms with Crippen LogP contribution in [0.1, 0.15) is 13.8 Å². The lowest BCUT2D eigenvalue weighted by Gasteiger charge is -2.39. The van der Waals surface area contributed by atoms with Crippen LogP contribution in [0.25, 0.3) is 0 Å². The average molecular weight is 411 g/mol. The molecule has 2 fully saturated rings. The van der Waals surface area contributed by atoms with Crippen molar-refractivity contribution in [2.75, 3.05) is 26.8 Å². The number of primary amides is 1. The number of amides is 1. The fourth-order valence-electron chi connectivity index (χ4n) is 4.75. The van der Waals surface area contributed by atoms with Crippen molar-refractivity contribution in [3.8, 4) is 0 Å². The van der Waals surface area contributed by atoms with Gasteiger partial charge in [-0.2, -0.15) is 0 Å². The average Bonchev–Trinajstić information content (AvgIpc) is 3.24. The van der Waals surface area contributed by atoms with Gasteiger partial charge in [-0.25, -0.2) is 4.79 Å². The highest BCUT2D eigenvalue weighted by molar-refractivity contribution is 6.25. The molecule has 3 aliphatic heterocycles. The van der Waals surface area contributed by atoms with E-state index < -0.39 is 17.7 Å². The Balaban J connectivity index is 1.76. The van der Waals surface area contributed by atoms with Crippen LogP contribution in [-0.4, -0.2) is 72.6 Å². The molecule has 0 aromatic carbocycles. The van der Waals surface area contributed by atoms with E-state index in [9.17, 15) is 14.4 Å². The van der Waals surface area contributed by atoms with Gasteiger partial charge in [0.2, 0.25) is 11.6 Å². The van der Waals surface area contributed by atoms with Crippen LogP contribution in [0.4, 0.5) is 4.79 Å². The molecule has 0 aromatic heterocycles. The van der Waals surface area contributed by atoms with Gasteiger partial charge in [-0.3, -0.25) is 9.59 Å². The molecule has 3 heterocycles. The molecule has 1 aliphatic carbocycles. The van der Waals surface area contributed by atoms with Gasteiger partial charge in [0.25, 0.3) is 0 Å². The zero-order valence-electron chi connectivity index (χ0n) is 15.9. The molecule has 1 amide bonds. The number of ether oxygens (including phenoxy) is 2. The summed E-state index contributed by atoms with van der Waals surface area (Å²) in [7, 11) is 1.54. The standard InChI is InChI=1S/C18H23ClN4O5/c1-7(19)4-21-12-8(2)14(24)13-11(15(12)25)9(6-28-17(20)26)18(27-3)16-10(22-16)5-23(13)18/h7,9-10,16,21-22H,4-6H2,1-3H3,(H2,20,26). The molecule has 0 bridgehead atoms. The first-order valence-electron chi connectivity index (χ1n) is 9.17. The number of hydrogen-bond donors (Lipinski definition) is 3. The monoisotopic (exact) mass is 410 g/mol. The molecule has 4 aliphatic rings. The van der Waals surface area contributed by atoms with E-state index in [4.69, 9.17) is 26.8 Å². The Kier molecular flexibility index (Phi) is 4.44. The molecule has 4 rings (SSSR count). The number of ketones is 2. The molecule has 0 radical (unpaired) electrons. The third-order valence-electron chi connectivity index (χ3n) is 5.99. The Hall–Kier alpha value is -2.10. The lowest BCUT2D eigenvalue weighted by molar-refractivity contribution is -0.137. The summed E-state index contributed by atoms with van der Waals surface area (Å²) >= 11 is 6.00. The number of halogens is 1. The third kappa shape index (κ3) is 2.49. The predicted octanol–water partition coefficient (Wildman–Crippen LogP) is -0.393. The molecular weight excluding hydrogens is 388 g/mol. The minimum absolute atomic E-state index is 0.0650. The summed E-state index contributed by atoms with van der Waals surface area (Å²) in [5.74, 6) is -1.17. The third-order valence-corrected chi connectivity index (χ3v) is 6.14. The van der Waals surface area contributed by atoms with Gasteiger partial charge in [-0.15, -0.1) is 11.6 Å². The Morgan fingerprint density at radius 3 is 2.79 bits per heavy atom. The molecule has 152 valence electrons. The zero-order valence-corrected chi connectivity index (χ0v) is 16.6. The van der Waals surface area contributed by atoms with E-state index in [0.717, 1.165) is 0 Å². The summed E-state index contributed by atoms with van der Waals surface area (Å²) in [4.78, 5) is 39.7. The first kappa shape index (κ1) is 19.2. The van der Waals surface area contributed by atoms with Crippen molar-refractivity contribution in [2.45, 2.75) is 37.0 Å². The number of Topliss-reactive ketones (excluding diaryl/α,β-unsaturated/α-hetero) is 2. The summed E-state index contributed by atoms with van der Waals surface area (Å²) in [6, 6.07) is 0.0960. The van der Waals surface area contributed by atoms with E-state index in [1.165, 1.54) is 7.11 Å². The number of nitrogens with two attached hydrogens (primary N) is 1. The van der Waals surface area contributed by atoms with Crippen LogP contribution in [0.5, 0.6) is 0 Å².